The standard InChI is InChI=1S/C17H25ClN2O2.ClH/c1-3-19-12(2)11-20-17(21)15-10-13(18)8-9-16(15)22-14-6-4-5-7-14;/h8-10,12,14,19H,3-7,11H2,1-2H3,(H,20,21);1H/t12-;/m1./s1. The van der Waals surface area contributed by atoms with E-state index in [4.69, 9.17) is 16.3 Å². The minimum absolute atomic E-state index is 0. The maximum Gasteiger partial charge on any atom is 0.255 e. The van der Waals surface area contributed by atoms with Gasteiger partial charge in [0.15, 0.2) is 0 Å². The summed E-state index contributed by atoms with van der Waals surface area (Å²) in [6, 6.07) is 5.47. The van der Waals surface area contributed by atoms with Crippen molar-refractivity contribution in [3.8, 4) is 5.75 Å². The normalized spacial score (nSPS) is 15.8. The van der Waals surface area contributed by atoms with Crippen molar-refractivity contribution in [1.29, 1.82) is 0 Å². The smallest absolute Gasteiger partial charge is 0.255 e. The van der Waals surface area contributed by atoms with E-state index in [1.807, 2.05) is 13.8 Å². The van der Waals surface area contributed by atoms with Gasteiger partial charge in [0.25, 0.3) is 5.91 Å². The predicted octanol–water partition coefficient (Wildman–Crippen LogP) is 3.81. The Morgan fingerprint density at radius 2 is 2.09 bits per heavy atom. The molecule has 0 aromatic heterocycles. The van der Waals surface area contributed by atoms with Crippen LogP contribution in [0.15, 0.2) is 18.2 Å². The summed E-state index contributed by atoms with van der Waals surface area (Å²) in [6.45, 7) is 5.53. The summed E-state index contributed by atoms with van der Waals surface area (Å²) in [5, 5.41) is 6.75. The van der Waals surface area contributed by atoms with Gasteiger partial charge in [0.1, 0.15) is 5.75 Å². The first-order chi connectivity index (χ1) is 10.6. The van der Waals surface area contributed by atoms with Crippen molar-refractivity contribution < 1.29 is 9.53 Å². The van der Waals surface area contributed by atoms with Crippen molar-refractivity contribution in [3.05, 3.63) is 28.8 Å². The Hall–Kier alpha value is -0.970. The molecule has 0 aliphatic heterocycles. The third-order valence-electron chi connectivity index (χ3n) is 3.90. The highest BCUT2D eigenvalue weighted by molar-refractivity contribution is 6.31. The summed E-state index contributed by atoms with van der Waals surface area (Å²) in [4.78, 5) is 12.4. The zero-order chi connectivity index (χ0) is 15.9. The molecule has 0 heterocycles. The van der Waals surface area contributed by atoms with Gasteiger partial charge >= 0.3 is 0 Å². The largest absolute Gasteiger partial charge is 0.490 e. The number of nitrogens with one attached hydrogen (secondary N) is 2. The summed E-state index contributed by atoms with van der Waals surface area (Å²) in [7, 11) is 0. The van der Waals surface area contributed by atoms with E-state index in [2.05, 4.69) is 10.6 Å². The second-order valence-corrected chi connectivity index (χ2v) is 6.27. The van der Waals surface area contributed by atoms with E-state index < -0.39 is 0 Å². The quantitative estimate of drug-likeness (QED) is 0.777. The lowest BCUT2D eigenvalue weighted by molar-refractivity contribution is 0.0943. The van der Waals surface area contributed by atoms with E-state index in [0.29, 0.717) is 22.9 Å². The lowest BCUT2D eigenvalue weighted by atomic mass is 10.1. The van der Waals surface area contributed by atoms with E-state index in [-0.39, 0.29) is 30.5 Å². The second kappa shape index (κ2) is 10.0. The SMILES string of the molecule is CCN[C@H](C)CNC(=O)c1cc(Cl)ccc1OC1CCCC1.Cl. The van der Waals surface area contributed by atoms with Crippen LogP contribution in [0, 0.1) is 0 Å². The first kappa shape index (κ1) is 20.1. The van der Waals surface area contributed by atoms with Gasteiger partial charge in [-0.25, -0.2) is 0 Å². The van der Waals surface area contributed by atoms with E-state index in [0.717, 1.165) is 19.4 Å². The van der Waals surface area contributed by atoms with Gasteiger partial charge in [0.05, 0.1) is 11.7 Å². The average Bonchev–Trinajstić information content (AvgIpc) is 3.00. The third-order valence-corrected chi connectivity index (χ3v) is 4.14. The van der Waals surface area contributed by atoms with Crippen molar-refractivity contribution >= 4 is 29.9 Å². The summed E-state index contributed by atoms with van der Waals surface area (Å²) in [5.41, 5.74) is 0.517. The first-order valence-electron chi connectivity index (χ1n) is 8.08. The molecule has 1 amide bonds. The molecule has 23 heavy (non-hydrogen) atoms. The fraction of sp³-hybridized carbons (Fsp3) is 0.588. The van der Waals surface area contributed by atoms with Crippen molar-refractivity contribution in [2.24, 2.45) is 0 Å². The molecule has 0 spiro atoms. The number of benzene rings is 1. The number of halogens is 2. The molecular formula is C17H26Cl2N2O2. The number of hydrogen-bond donors (Lipinski definition) is 2. The van der Waals surface area contributed by atoms with Gasteiger partial charge in [-0.15, -0.1) is 12.4 Å². The van der Waals surface area contributed by atoms with Crippen molar-refractivity contribution in [2.45, 2.75) is 51.7 Å². The van der Waals surface area contributed by atoms with Crippen LogP contribution in [0.1, 0.15) is 49.9 Å². The minimum Gasteiger partial charge on any atom is -0.490 e. The second-order valence-electron chi connectivity index (χ2n) is 5.83. The Morgan fingerprint density at radius 3 is 2.74 bits per heavy atom. The molecule has 2 rings (SSSR count). The molecule has 1 aromatic carbocycles. The van der Waals surface area contributed by atoms with Crippen LogP contribution in [-0.2, 0) is 0 Å². The topological polar surface area (TPSA) is 50.4 Å². The van der Waals surface area contributed by atoms with E-state index >= 15 is 0 Å². The molecule has 2 N–H and O–H groups in total. The predicted molar refractivity (Wildman–Crippen MR) is 97.1 cm³/mol. The zero-order valence-electron chi connectivity index (χ0n) is 13.7. The maximum absolute atomic E-state index is 12.4. The molecular weight excluding hydrogens is 335 g/mol. The van der Waals surface area contributed by atoms with E-state index in [9.17, 15) is 4.79 Å². The number of hydrogen-bond acceptors (Lipinski definition) is 3. The van der Waals surface area contributed by atoms with Gasteiger partial charge in [-0.1, -0.05) is 18.5 Å². The molecule has 1 saturated carbocycles. The molecule has 1 aliphatic carbocycles. The highest BCUT2D eigenvalue weighted by Crippen LogP contribution is 2.28. The van der Waals surface area contributed by atoms with Gasteiger partial charge in [0, 0.05) is 17.6 Å². The minimum atomic E-state index is -0.139. The van der Waals surface area contributed by atoms with Crippen LogP contribution < -0.4 is 15.4 Å². The maximum atomic E-state index is 12.4. The lowest BCUT2D eigenvalue weighted by Crippen LogP contribution is -2.39. The average molecular weight is 361 g/mol. The summed E-state index contributed by atoms with van der Waals surface area (Å²) in [5.74, 6) is 0.491. The van der Waals surface area contributed by atoms with E-state index in [1.54, 1.807) is 18.2 Å². The molecule has 130 valence electrons. The van der Waals surface area contributed by atoms with Crippen LogP contribution >= 0.6 is 24.0 Å². The molecule has 0 unspecified atom stereocenters. The Kier molecular flexibility index (Phi) is 8.74. The van der Waals surface area contributed by atoms with Crippen LogP contribution in [0.4, 0.5) is 0 Å². The molecule has 0 saturated heterocycles. The fourth-order valence-electron chi connectivity index (χ4n) is 2.73. The number of carbonyl (C=O) groups is 1. The Balaban J connectivity index is 0.00000264. The Labute approximate surface area is 149 Å². The summed E-state index contributed by atoms with van der Waals surface area (Å²) >= 11 is 6.04. The lowest BCUT2D eigenvalue weighted by Gasteiger charge is -2.18. The highest BCUT2D eigenvalue weighted by atomic mass is 35.5. The van der Waals surface area contributed by atoms with Crippen molar-refractivity contribution in [1.82, 2.24) is 10.6 Å². The van der Waals surface area contributed by atoms with Gasteiger partial charge in [0.2, 0.25) is 0 Å². The number of likely N-dealkylation sites (N-methyl/N-ethyl adjacent to an activating group) is 1. The van der Waals surface area contributed by atoms with Gasteiger partial charge in [-0.3, -0.25) is 4.79 Å². The number of ether oxygens (including phenoxy) is 1. The molecule has 6 heteroatoms. The zero-order valence-corrected chi connectivity index (χ0v) is 15.3. The molecule has 1 atom stereocenters. The van der Waals surface area contributed by atoms with Crippen molar-refractivity contribution in [2.75, 3.05) is 13.1 Å². The third kappa shape index (κ3) is 6.21. The Bertz CT molecular complexity index is 505. The molecule has 1 fully saturated rings. The molecule has 1 aromatic rings. The fourth-order valence-corrected chi connectivity index (χ4v) is 2.90. The molecule has 1 aliphatic rings. The van der Waals surface area contributed by atoms with Crippen LogP contribution in [0.3, 0.4) is 0 Å². The number of rotatable bonds is 7. The molecule has 4 nitrogen and oxygen atoms in total. The Morgan fingerprint density at radius 1 is 1.39 bits per heavy atom. The number of amides is 1. The first-order valence-corrected chi connectivity index (χ1v) is 8.45. The van der Waals surface area contributed by atoms with Crippen LogP contribution in [0.2, 0.25) is 5.02 Å². The monoisotopic (exact) mass is 360 g/mol. The van der Waals surface area contributed by atoms with Crippen LogP contribution in [0.5, 0.6) is 5.75 Å². The molecule has 0 bridgehead atoms. The van der Waals surface area contributed by atoms with Gasteiger partial charge in [-0.2, -0.15) is 0 Å². The van der Waals surface area contributed by atoms with Crippen LogP contribution in [-0.4, -0.2) is 31.1 Å². The highest BCUT2D eigenvalue weighted by Gasteiger charge is 2.20. The van der Waals surface area contributed by atoms with E-state index in [1.165, 1.54) is 12.8 Å². The summed E-state index contributed by atoms with van der Waals surface area (Å²) < 4.78 is 6.00. The van der Waals surface area contributed by atoms with Crippen molar-refractivity contribution in [3.63, 3.8) is 0 Å². The van der Waals surface area contributed by atoms with Gasteiger partial charge < -0.3 is 15.4 Å². The van der Waals surface area contributed by atoms with Crippen LogP contribution in [0.25, 0.3) is 0 Å². The van der Waals surface area contributed by atoms with Gasteiger partial charge in [-0.05, 0) is 57.4 Å². The number of carbonyl (C=O) groups excluding carboxylic acids is 1. The molecule has 0 radical (unpaired) electrons. The summed E-state index contributed by atoms with van der Waals surface area (Å²) in [6.07, 6.45) is 4.72.